The van der Waals surface area contributed by atoms with Crippen LogP contribution < -0.4 is 5.56 Å². The van der Waals surface area contributed by atoms with Crippen LogP contribution in [0.15, 0.2) is 71.5 Å². The first-order valence-corrected chi connectivity index (χ1v) is 11.9. The van der Waals surface area contributed by atoms with Crippen molar-refractivity contribution in [2.45, 2.75) is 20.4 Å². The molecule has 9 nitrogen and oxygen atoms in total. The highest BCUT2D eigenvalue weighted by Crippen LogP contribution is 2.32. The minimum atomic E-state index is -0.548. The molecule has 3 heterocycles. The van der Waals surface area contributed by atoms with Crippen molar-refractivity contribution in [1.29, 1.82) is 0 Å². The normalized spacial score (nSPS) is 11.5. The Hall–Kier alpha value is -4.63. The van der Waals surface area contributed by atoms with Gasteiger partial charge in [0.25, 0.3) is 11.2 Å². The van der Waals surface area contributed by atoms with E-state index < -0.39 is 4.92 Å². The molecule has 0 N–H and O–H groups in total. The van der Waals surface area contributed by atoms with Gasteiger partial charge in [-0.05, 0) is 43.7 Å². The van der Waals surface area contributed by atoms with Crippen LogP contribution in [0.25, 0.3) is 38.9 Å². The Balaban J connectivity index is 1.71. The van der Waals surface area contributed by atoms with E-state index >= 15 is 0 Å². The smallest absolute Gasteiger partial charge is 0.289 e. The first kappa shape index (κ1) is 22.8. The molecule has 0 aliphatic rings. The van der Waals surface area contributed by atoms with E-state index in [1.807, 2.05) is 55.5 Å². The van der Waals surface area contributed by atoms with Crippen LogP contribution in [-0.2, 0) is 6.54 Å². The van der Waals surface area contributed by atoms with E-state index in [0.29, 0.717) is 51.3 Å². The summed E-state index contributed by atoms with van der Waals surface area (Å²) in [5, 5.41) is 11.9. The summed E-state index contributed by atoms with van der Waals surface area (Å²) in [6.07, 6.45) is 0. The van der Waals surface area contributed by atoms with Gasteiger partial charge < -0.3 is 0 Å². The van der Waals surface area contributed by atoms with Gasteiger partial charge in [0.2, 0.25) is 0 Å². The number of nitro groups is 1. The van der Waals surface area contributed by atoms with E-state index in [0.717, 1.165) is 11.1 Å². The van der Waals surface area contributed by atoms with Crippen molar-refractivity contribution in [3.63, 3.8) is 0 Å². The Morgan fingerprint density at radius 2 is 1.62 bits per heavy atom. The van der Waals surface area contributed by atoms with Crippen molar-refractivity contribution < 1.29 is 4.92 Å². The second-order valence-electron chi connectivity index (χ2n) is 8.85. The molecule has 3 aromatic heterocycles. The first-order chi connectivity index (χ1) is 17.8. The molecule has 0 radical (unpaired) electrons. The van der Waals surface area contributed by atoms with Crippen molar-refractivity contribution in [2.24, 2.45) is 0 Å². The molecule has 0 spiro atoms. The summed E-state index contributed by atoms with van der Waals surface area (Å²) in [4.78, 5) is 39.4. The van der Waals surface area contributed by atoms with Crippen LogP contribution in [0.1, 0.15) is 17.0 Å². The summed E-state index contributed by atoms with van der Waals surface area (Å²) in [6, 6.07) is 19.7. The fourth-order valence-electron chi connectivity index (χ4n) is 4.52. The number of halogens is 1. The van der Waals surface area contributed by atoms with E-state index in [9.17, 15) is 14.9 Å². The van der Waals surface area contributed by atoms with E-state index in [1.165, 1.54) is 12.1 Å². The van der Waals surface area contributed by atoms with Crippen LogP contribution in [-0.4, -0.2) is 29.0 Å². The molecule has 3 aromatic carbocycles. The Kier molecular flexibility index (Phi) is 5.24. The van der Waals surface area contributed by atoms with Gasteiger partial charge in [0.05, 0.1) is 28.2 Å². The SMILES string of the molecule is Cc1ccc(Cn2c(C)nc3c(c2=O)c2nc4ccccc4nc2n3-c2ccc(Cl)c([N+](=O)[O-])c2)cc1. The van der Waals surface area contributed by atoms with Gasteiger partial charge in [-0.25, -0.2) is 15.0 Å². The number of hydrogen-bond donors (Lipinski definition) is 0. The molecule has 0 saturated carbocycles. The number of aryl methyl sites for hydroxylation is 2. The standard InChI is InChI=1S/C27H19ClN6O3/c1-15-7-9-17(10-8-15)14-32-16(2)29-25-23(27(32)35)24-26(31-21-6-4-3-5-20(21)30-24)33(25)18-11-12-19(28)22(13-18)34(36)37/h3-13H,14H2,1-2H3. The zero-order valence-corrected chi connectivity index (χ0v) is 20.6. The van der Waals surface area contributed by atoms with Crippen LogP contribution in [0.2, 0.25) is 5.02 Å². The van der Waals surface area contributed by atoms with Crippen LogP contribution in [0.5, 0.6) is 0 Å². The number of rotatable bonds is 4. The quantitative estimate of drug-likeness (QED) is 0.228. The molecule has 0 aliphatic heterocycles. The molecule has 0 atom stereocenters. The zero-order chi connectivity index (χ0) is 25.8. The third-order valence-electron chi connectivity index (χ3n) is 6.40. The lowest BCUT2D eigenvalue weighted by molar-refractivity contribution is -0.384. The highest BCUT2D eigenvalue weighted by molar-refractivity contribution is 6.32. The third kappa shape index (κ3) is 3.71. The highest BCUT2D eigenvalue weighted by atomic mass is 35.5. The van der Waals surface area contributed by atoms with Gasteiger partial charge >= 0.3 is 0 Å². The number of hydrogen-bond acceptors (Lipinski definition) is 6. The second-order valence-corrected chi connectivity index (χ2v) is 9.25. The Bertz CT molecular complexity index is 1940. The molecular weight excluding hydrogens is 492 g/mol. The van der Waals surface area contributed by atoms with E-state index in [1.54, 1.807) is 22.1 Å². The number of nitrogens with zero attached hydrogens (tertiary/aromatic N) is 6. The van der Waals surface area contributed by atoms with Crippen molar-refractivity contribution in [3.8, 4) is 5.69 Å². The summed E-state index contributed by atoms with van der Waals surface area (Å²) < 4.78 is 3.25. The largest absolute Gasteiger partial charge is 0.292 e. The van der Waals surface area contributed by atoms with Crippen LogP contribution >= 0.6 is 11.6 Å². The Labute approximate surface area is 214 Å². The monoisotopic (exact) mass is 510 g/mol. The van der Waals surface area contributed by atoms with Crippen LogP contribution in [0.4, 0.5) is 5.69 Å². The van der Waals surface area contributed by atoms with Crippen molar-refractivity contribution in [3.05, 3.63) is 109 Å². The van der Waals surface area contributed by atoms with E-state index in [4.69, 9.17) is 26.6 Å². The molecule has 6 aromatic rings. The van der Waals surface area contributed by atoms with Crippen LogP contribution in [0.3, 0.4) is 0 Å². The van der Waals surface area contributed by atoms with Crippen molar-refractivity contribution in [1.82, 2.24) is 24.1 Å². The molecule has 10 heteroatoms. The predicted octanol–water partition coefficient (Wildman–Crippen LogP) is 5.51. The second kappa shape index (κ2) is 8.49. The highest BCUT2D eigenvalue weighted by Gasteiger charge is 2.24. The molecule has 0 fully saturated rings. The van der Waals surface area contributed by atoms with Gasteiger partial charge in [-0.15, -0.1) is 0 Å². The zero-order valence-electron chi connectivity index (χ0n) is 19.8. The number of fused-ring (bicyclic) bond motifs is 4. The predicted molar refractivity (Wildman–Crippen MR) is 143 cm³/mol. The average Bonchev–Trinajstić information content (AvgIpc) is 3.19. The minimum absolute atomic E-state index is 0.00986. The van der Waals surface area contributed by atoms with Gasteiger partial charge in [0.1, 0.15) is 21.7 Å². The van der Waals surface area contributed by atoms with E-state index in [-0.39, 0.29) is 16.3 Å². The Morgan fingerprint density at radius 3 is 2.32 bits per heavy atom. The maximum atomic E-state index is 14.0. The first-order valence-electron chi connectivity index (χ1n) is 11.5. The summed E-state index contributed by atoms with van der Waals surface area (Å²) in [5.74, 6) is 0.496. The molecule has 0 unspecified atom stereocenters. The van der Waals surface area contributed by atoms with Gasteiger partial charge in [-0.2, -0.15) is 0 Å². The lowest BCUT2D eigenvalue weighted by Crippen LogP contribution is -2.24. The molecule has 182 valence electrons. The lowest BCUT2D eigenvalue weighted by Gasteiger charge is -2.11. The fraction of sp³-hybridized carbons (Fsp3) is 0.111. The fourth-order valence-corrected chi connectivity index (χ4v) is 4.70. The molecule has 37 heavy (non-hydrogen) atoms. The number of aromatic nitrogens is 5. The summed E-state index contributed by atoms with van der Waals surface area (Å²) in [5.41, 5.74) is 4.30. The number of benzene rings is 3. The summed E-state index contributed by atoms with van der Waals surface area (Å²) in [7, 11) is 0. The maximum Gasteiger partial charge on any atom is 0.289 e. The Morgan fingerprint density at radius 1 is 0.919 bits per heavy atom. The topological polar surface area (TPSA) is 109 Å². The molecule has 0 amide bonds. The molecule has 6 rings (SSSR count). The van der Waals surface area contributed by atoms with Crippen molar-refractivity contribution >= 4 is 50.5 Å². The van der Waals surface area contributed by atoms with Crippen molar-refractivity contribution in [2.75, 3.05) is 0 Å². The summed E-state index contributed by atoms with van der Waals surface area (Å²) >= 11 is 6.08. The average molecular weight is 511 g/mol. The molecule has 0 saturated heterocycles. The minimum Gasteiger partial charge on any atom is -0.292 e. The van der Waals surface area contributed by atoms with E-state index in [2.05, 4.69) is 0 Å². The number of para-hydroxylation sites is 2. The summed E-state index contributed by atoms with van der Waals surface area (Å²) in [6.45, 7) is 4.11. The third-order valence-corrected chi connectivity index (χ3v) is 6.72. The van der Waals surface area contributed by atoms with Gasteiger partial charge in [0, 0.05) is 6.07 Å². The van der Waals surface area contributed by atoms with Gasteiger partial charge in [-0.1, -0.05) is 53.6 Å². The molecular formula is C27H19ClN6O3. The van der Waals surface area contributed by atoms with Gasteiger partial charge in [0.15, 0.2) is 11.3 Å². The molecule has 0 aliphatic carbocycles. The van der Waals surface area contributed by atoms with Crippen LogP contribution in [0, 0.1) is 24.0 Å². The van der Waals surface area contributed by atoms with Gasteiger partial charge in [-0.3, -0.25) is 24.0 Å². The lowest BCUT2D eigenvalue weighted by atomic mass is 10.1. The maximum absolute atomic E-state index is 14.0. The molecule has 0 bridgehead atoms. The number of nitro benzene ring substituents is 1.